The number of carbonyl (C=O) groups is 3. The van der Waals surface area contributed by atoms with Gasteiger partial charge < -0.3 is 26.6 Å². The van der Waals surface area contributed by atoms with Crippen LogP contribution in [-0.4, -0.2) is 47.3 Å². The summed E-state index contributed by atoms with van der Waals surface area (Å²) in [6.45, 7) is -0.374. The van der Waals surface area contributed by atoms with E-state index in [0.29, 0.717) is 19.4 Å². The third kappa shape index (κ3) is 8.03. The van der Waals surface area contributed by atoms with Gasteiger partial charge in [-0.05, 0) is 12.8 Å². The van der Waals surface area contributed by atoms with E-state index >= 15 is 0 Å². The molecule has 8 heteroatoms. The van der Waals surface area contributed by atoms with Crippen LogP contribution in [0.3, 0.4) is 0 Å². The van der Waals surface area contributed by atoms with Gasteiger partial charge in [-0.3, -0.25) is 4.79 Å². The number of rotatable bonds is 8. The molecule has 0 saturated heterocycles. The van der Waals surface area contributed by atoms with E-state index in [2.05, 4.69) is 10.6 Å². The third-order valence-electron chi connectivity index (χ3n) is 1.92. The second kappa shape index (κ2) is 8.34. The lowest BCUT2D eigenvalue weighted by Crippen LogP contribution is -2.48. The second-order valence-electron chi connectivity index (χ2n) is 3.40. The molecule has 0 aromatic carbocycles. The summed E-state index contributed by atoms with van der Waals surface area (Å²) in [6, 6.07) is -1.99. The molecule has 0 saturated carbocycles. The highest BCUT2D eigenvalue weighted by Gasteiger charge is 2.17. The number of hydrogen-bond donors (Lipinski definition) is 5. The Balaban J connectivity index is 3.65. The van der Waals surface area contributed by atoms with Gasteiger partial charge in [-0.15, -0.1) is 0 Å². The molecule has 8 nitrogen and oxygen atoms in total. The summed E-state index contributed by atoms with van der Waals surface area (Å²) >= 11 is 0. The minimum atomic E-state index is -1.32. The number of carboxylic acids is 1. The molecular weight excluding hydrogens is 230 g/mol. The number of amides is 3. The molecule has 0 aliphatic heterocycles. The molecule has 0 rings (SSSR count). The van der Waals surface area contributed by atoms with Gasteiger partial charge in [-0.1, -0.05) is 0 Å². The molecule has 0 aliphatic rings. The van der Waals surface area contributed by atoms with Crippen molar-refractivity contribution in [1.82, 2.24) is 10.6 Å². The van der Waals surface area contributed by atoms with Crippen LogP contribution in [0.25, 0.3) is 0 Å². The quantitative estimate of drug-likeness (QED) is 0.328. The van der Waals surface area contributed by atoms with Crippen molar-refractivity contribution in [1.29, 1.82) is 0 Å². The molecule has 0 radical (unpaired) electrons. The fourth-order valence-corrected chi connectivity index (χ4v) is 1.02. The first-order valence-electron chi connectivity index (χ1n) is 5.13. The normalized spacial score (nSPS) is 11.6. The van der Waals surface area contributed by atoms with Gasteiger partial charge in [0.2, 0.25) is 5.91 Å². The monoisotopic (exact) mass is 247 g/mol. The highest BCUT2D eigenvalue weighted by atomic mass is 16.4. The largest absolute Gasteiger partial charge is 0.480 e. The first-order valence-corrected chi connectivity index (χ1v) is 5.13. The SMILES string of the molecule is NC(=O)CCCCNC(=O)NC(CO)C(=O)O. The van der Waals surface area contributed by atoms with Crippen LogP contribution in [0.4, 0.5) is 4.79 Å². The molecule has 0 spiro atoms. The Morgan fingerprint density at radius 2 is 1.88 bits per heavy atom. The van der Waals surface area contributed by atoms with E-state index < -0.39 is 30.6 Å². The number of carboxylic acid groups (broad SMARTS) is 1. The van der Waals surface area contributed by atoms with Crippen molar-refractivity contribution in [2.45, 2.75) is 25.3 Å². The van der Waals surface area contributed by atoms with Crippen molar-refractivity contribution >= 4 is 17.9 Å². The standard InChI is InChI=1S/C9H17N3O5/c10-7(14)3-1-2-4-11-9(17)12-6(5-13)8(15)16/h6,13H,1-5H2,(H2,10,14)(H,15,16)(H2,11,12,17). The van der Waals surface area contributed by atoms with Gasteiger partial charge in [0.15, 0.2) is 6.04 Å². The van der Waals surface area contributed by atoms with E-state index in [-0.39, 0.29) is 6.42 Å². The predicted molar refractivity (Wildman–Crippen MR) is 58.1 cm³/mol. The van der Waals surface area contributed by atoms with E-state index in [4.69, 9.17) is 15.9 Å². The summed E-state index contributed by atoms with van der Waals surface area (Å²) in [5.41, 5.74) is 4.92. The van der Waals surface area contributed by atoms with Crippen LogP contribution in [0.5, 0.6) is 0 Å². The molecule has 0 bridgehead atoms. The number of hydrogen-bond acceptors (Lipinski definition) is 4. The Labute approximate surface area is 98.2 Å². The number of nitrogens with two attached hydrogens (primary N) is 1. The highest BCUT2D eigenvalue weighted by molar-refractivity contribution is 5.82. The molecule has 1 unspecified atom stereocenters. The van der Waals surface area contributed by atoms with Gasteiger partial charge >= 0.3 is 12.0 Å². The minimum Gasteiger partial charge on any atom is -0.480 e. The molecule has 17 heavy (non-hydrogen) atoms. The van der Waals surface area contributed by atoms with E-state index in [1.807, 2.05) is 0 Å². The summed E-state index contributed by atoms with van der Waals surface area (Å²) in [4.78, 5) is 32.0. The smallest absolute Gasteiger partial charge is 0.328 e. The van der Waals surface area contributed by atoms with Crippen LogP contribution in [0.1, 0.15) is 19.3 Å². The summed E-state index contributed by atoms with van der Waals surface area (Å²) in [6.07, 6.45) is 1.36. The molecule has 0 fully saturated rings. The average molecular weight is 247 g/mol. The van der Waals surface area contributed by atoms with Crippen molar-refractivity contribution in [2.24, 2.45) is 5.73 Å². The first kappa shape index (κ1) is 15.2. The molecule has 6 N–H and O–H groups in total. The van der Waals surface area contributed by atoms with Crippen LogP contribution in [0, 0.1) is 0 Å². The van der Waals surface area contributed by atoms with Crippen molar-refractivity contribution in [3.8, 4) is 0 Å². The van der Waals surface area contributed by atoms with Crippen LogP contribution < -0.4 is 16.4 Å². The minimum absolute atomic E-state index is 0.248. The average Bonchev–Trinajstić information content (AvgIpc) is 2.24. The van der Waals surface area contributed by atoms with Crippen molar-refractivity contribution in [3.63, 3.8) is 0 Å². The maximum atomic E-state index is 11.1. The van der Waals surface area contributed by atoms with Gasteiger partial charge in [0.1, 0.15) is 0 Å². The van der Waals surface area contributed by atoms with Gasteiger partial charge in [0.25, 0.3) is 0 Å². The van der Waals surface area contributed by atoms with Gasteiger partial charge in [-0.25, -0.2) is 9.59 Å². The van der Waals surface area contributed by atoms with E-state index in [9.17, 15) is 14.4 Å². The molecule has 98 valence electrons. The number of urea groups is 1. The van der Waals surface area contributed by atoms with Gasteiger partial charge in [0, 0.05) is 13.0 Å². The van der Waals surface area contributed by atoms with Crippen LogP contribution in [0.2, 0.25) is 0 Å². The van der Waals surface area contributed by atoms with E-state index in [1.165, 1.54) is 0 Å². The molecule has 0 aromatic rings. The zero-order valence-corrected chi connectivity index (χ0v) is 9.31. The second-order valence-corrected chi connectivity index (χ2v) is 3.40. The summed E-state index contributed by atoms with van der Waals surface area (Å²) in [5.74, 6) is -1.71. The number of unbranched alkanes of at least 4 members (excludes halogenated alkanes) is 1. The summed E-state index contributed by atoms with van der Waals surface area (Å²) in [5, 5.41) is 21.7. The Morgan fingerprint density at radius 3 is 2.35 bits per heavy atom. The van der Waals surface area contributed by atoms with Crippen LogP contribution in [-0.2, 0) is 9.59 Å². The summed E-state index contributed by atoms with van der Waals surface area (Å²) in [7, 11) is 0. The lowest BCUT2D eigenvalue weighted by Gasteiger charge is -2.12. The first-order chi connectivity index (χ1) is 7.97. The summed E-state index contributed by atoms with van der Waals surface area (Å²) < 4.78 is 0. The predicted octanol–water partition coefficient (Wildman–Crippen LogP) is -1.61. The van der Waals surface area contributed by atoms with Crippen molar-refractivity contribution in [3.05, 3.63) is 0 Å². The zero-order chi connectivity index (χ0) is 13.3. The lowest BCUT2D eigenvalue weighted by molar-refractivity contribution is -0.140. The van der Waals surface area contributed by atoms with Crippen LogP contribution in [0.15, 0.2) is 0 Å². The van der Waals surface area contributed by atoms with Gasteiger partial charge in [-0.2, -0.15) is 0 Å². The number of primary amides is 1. The number of carbonyl (C=O) groups excluding carboxylic acids is 2. The van der Waals surface area contributed by atoms with Gasteiger partial charge in [0.05, 0.1) is 6.61 Å². The lowest BCUT2D eigenvalue weighted by atomic mass is 10.2. The Kier molecular flexibility index (Phi) is 7.44. The Bertz CT molecular complexity index is 282. The molecule has 3 amide bonds. The zero-order valence-electron chi connectivity index (χ0n) is 9.31. The maximum Gasteiger partial charge on any atom is 0.328 e. The molecule has 0 aromatic heterocycles. The molecular formula is C9H17N3O5. The Morgan fingerprint density at radius 1 is 1.24 bits per heavy atom. The third-order valence-corrected chi connectivity index (χ3v) is 1.92. The fourth-order valence-electron chi connectivity index (χ4n) is 1.02. The van der Waals surface area contributed by atoms with Crippen molar-refractivity contribution in [2.75, 3.05) is 13.2 Å². The van der Waals surface area contributed by atoms with E-state index in [1.54, 1.807) is 0 Å². The number of aliphatic hydroxyl groups is 1. The molecule has 0 heterocycles. The Hall–Kier alpha value is -1.83. The maximum absolute atomic E-state index is 11.1. The number of aliphatic hydroxyl groups excluding tert-OH is 1. The number of nitrogens with one attached hydrogen (secondary N) is 2. The van der Waals surface area contributed by atoms with Crippen LogP contribution >= 0.6 is 0 Å². The molecule has 1 atom stereocenters. The number of aliphatic carboxylic acids is 1. The van der Waals surface area contributed by atoms with E-state index in [0.717, 1.165) is 0 Å². The van der Waals surface area contributed by atoms with Crippen molar-refractivity contribution < 1.29 is 24.6 Å². The topological polar surface area (TPSA) is 142 Å². The highest BCUT2D eigenvalue weighted by Crippen LogP contribution is 1.92. The molecule has 0 aliphatic carbocycles. The fraction of sp³-hybridized carbons (Fsp3) is 0.667.